The third-order valence-electron chi connectivity index (χ3n) is 3.63. The van der Waals surface area contributed by atoms with E-state index in [1.165, 1.54) is 24.5 Å². The van der Waals surface area contributed by atoms with Gasteiger partial charge in [0.25, 0.3) is 0 Å². The molecule has 2 aliphatic rings. The van der Waals surface area contributed by atoms with E-state index in [0.29, 0.717) is 12.1 Å². The first-order chi connectivity index (χ1) is 7.84. The maximum atomic E-state index is 4.20. The summed E-state index contributed by atoms with van der Waals surface area (Å²) in [6.45, 7) is 5.75. The smallest absolute Gasteiger partial charge is 0.0794 e. The molecule has 16 heavy (non-hydrogen) atoms. The highest BCUT2D eigenvalue weighted by Gasteiger charge is 2.35. The number of hydrogen-bond acceptors (Lipinski definition) is 5. The van der Waals surface area contributed by atoms with E-state index in [4.69, 9.17) is 0 Å². The second kappa shape index (κ2) is 4.41. The summed E-state index contributed by atoms with van der Waals surface area (Å²) in [6, 6.07) is 1.21. The third kappa shape index (κ3) is 1.88. The van der Waals surface area contributed by atoms with Crippen LogP contribution in [0.15, 0.2) is 11.7 Å². The van der Waals surface area contributed by atoms with Crippen LogP contribution in [0.3, 0.4) is 0 Å². The van der Waals surface area contributed by atoms with Crippen LogP contribution in [0.4, 0.5) is 0 Å². The lowest BCUT2D eigenvalue weighted by Gasteiger charge is -2.47. The summed E-state index contributed by atoms with van der Waals surface area (Å²) in [6.07, 6.45) is 2.03. The molecular weight excluding hydrogens is 220 g/mol. The van der Waals surface area contributed by atoms with Crippen LogP contribution >= 0.6 is 11.3 Å². The minimum absolute atomic E-state index is 0.542. The molecule has 1 aromatic heterocycles. The summed E-state index contributed by atoms with van der Waals surface area (Å²) in [4.78, 5) is 10.7. The average Bonchev–Trinajstić information content (AvgIpc) is 2.81. The van der Waals surface area contributed by atoms with Gasteiger partial charge in [0.1, 0.15) is 0 Å². The van der Waals surface area contributed by atoms with Crippen LogP contribution < -0.4 is 5.32 Å². The van der Waals surface area contributed by atoms with E-state index in [1.54, 1.807) is 11.3 Å². The van der Waals surface area contributed by atoms with E-state index in [2.05, 4.69) is 27.1 Å². The Morgan fingerprint density at radius 3 is 3.19 bits per heavy atom. The van der Waals surface area contributed by atoms with Gasteiger partial charge < -0.3 is 10.2 Å². The molecule has 2 unspecified atom stereocenters. The number of aromatic nitrogens is 1. The monoisotopic (exact) mass is 238 g/mol. The quantitative estimate of drug-likeness (QED) is 0.767. The summed E-state index contributed by atoms with van der Waals surface area (Å²) in [5.41, 5.74) is 1.94. The molecule has 1 N–H and O–H groups in total. The molecule has 2 aliphatic heterocycles. The van der Waals surface area contributed by atoms with E-state index in [9.17, 15) is 0 Å². The normalized spacial score (nSPS) is 32.6. The van der Waals surface area contributed by atoms with Gasteiger partial charge in [-0.15, -0.1) is 11.3 Å². The largest absolute Gasteiger partial charge is 0.313 e. The standard InChI is InChI=1S/C11H18N4S/c1-14-2-3-15-9(7-14)4-12-5-10(15)11-6-13-8-16-11/h6,8-10,12H,2-5,7H2,1H3. The van der Waals surface area contributed by atoms with Crippen LogP contribution in [0.2, 0.25) is 0 Å². The van der Waals surface area contributed by atoms with Crippen LogP contribution in [0.1, 0.15) is 10.9 Å². The second-order valence-electron chi connectivity index (χ2n) is 4.73. The number of thiazole rings is 1. The SMILES string of the molecule is CN1CCN2C(CNCC2c2cncs2)C1. The third-order valence-corrected chi connectivity index (χ3v) is 4.51. The highest BCUT2D eigenvalue weighted by Crippen LogP contribution is 2.29. The fourth-order valence-electron chi connectivity index (χ4n) is 2.77. The molecule has 3 rings (SSSR count). The minimum Gasteiger partial charge on any atom is -0.313 e. The van der Waals surface area contributed by atoms with Crippen molar-refractivity contribution in [2.24, 2.45) is 0 Å². The Morgan fingerprint density at radius 2 is 2.38 bits per heavy atom. The van der Waals surface area contributed by atoms with E-state index < -0.39 is 0 Å². The Labute approximate surface area is 100 Å². The number of hydrogen-bond donors (Lipinski definition) is 1. The van der Waals surface area contributed by atoms with Crippen molar-refractivity contribution in [2.75, 3.05) is 39.8 Å². The first kappa shape index (κ1) is 10.7. The van der Waals surface area contributed by atoms with Gasteiger partial charge in [-0.2, -0.15) is 0 Å². The van der Waals surface area contributed by atoms with Crippen molar-refractivity contribution in [3.05, 3.63) is 16.6 Å². The van der Waals surface area contributed by atoms with E-state index in [-0.39, 0.29) is 0 Å². The number of piperazine rings is 2. The molecule has 3 heterocycles. The molecule has 2 atom stereocenters. The summed E-state index contributed by atoms with van der Waals surface area (Å²) in [7, 11) is 2.22. The topological polar surface area (TPSA) is 31.4 Å². The highest BCUT2D eigenvalue weighted by atomic mass is 32.1. The zero-order valence-corrected chi connectivity index (χ0v) is 10.4. The summed E-state index contributed by atoms with van der Waals surface area (Å²) < 4.78 is 0. The zero-order valence-electron chi connectivity index (χ0n) is 9.59. The van der Waals surface area contributed by atoms with Crippen molar-refractivity contribution in [1.29, 1.82) is 0 Å². The fourth-order valence-corrected chi connectivity index (χ4v) is 3.52. The predicted molar refractivity (Wildman–Crippen MR) is 65.7 cm³/mol. The number of rotatable bonds is 1. The Hall–Kier alpha value is -0.490. The molecular formula is C11H18N4S. The maximum absolute atomic E-state index is 4.20. The van der Waals surface area contributed by atoms with E-state index in [0.717, 1.165) is 13.1 Å². The molecule has 4 nitrogen and oxygen atoms in total. The molecule has 0 radical (unpaired) electrons. The first-order valence-corrected chi connectivity index (χ1v) is 6.76. The fraction of sp³-hybridized carbons (Fsp3) is 0.727. The van der Waals surface area contributed by atoms with Crippen molar-refractivity contribution in [1.82, 2.24) is 20.1 Å². The van der Waals surface area contributed by atoms with Gasteiger partial charge >= 0.3 is 0 Å². The lowest BCUT2D eigenvalue weighted by Crippen LogP contribution is -2.61. The molecule has 2 fully saturated rings. The molecule has 0 bridgehead atoms. The van der Waals surface area contributed by atoms with Crippen LogP contribution in [-0.2, 0) is 0 Å². The lowest BCUT2D eigenvalue weighted by atomic mass is 10.0. The van der Waals surface area contributed by atoms with Crippen molar-refractivity contribution in [2.45, 2.75) is 12.1 Å². The lowest BCUT2D eigenvalue weighted by molar-refractivity contribution is 0.0302. The summed E-state index contributed by atoms with van der Waals surface area (Å²) >= 11 is 1.78. The summed E-state index contributed by atoms with van der Waals surface area (Å²) in [5, 5.41) is 3.55. The average molecular weight is 238 g/mol. The van der Waals surface area contributed by atoms with E-state index >= 15 is 0 Å². The molecule has 5 heteroatoms. The zero-order chi connectivity index (χ0) is 11.0. The van der Waals surface area contributed by atoms with Crippen LogP contribution in [0.25, 0.3) is 0 Å². The number of nitrogens with zero attached hydrogens (tertiary/aromatic N) is 3. The first-order valence-electron chi connectivity index (χ1n) is 5.88. The molecule has 2 saturated heterocycles. The van der Waals surface area contributed by atoms with Gasteiger partial charge in [0.05, 0.1) is 11.6 Å². The molecule has 0 amide bonds. The van der Waals surface area contributed by atoms with Crippen molar-refractivity contribution >= 4 is 11.3 Å². The van der Waals surface area contributed by atoms with Crippen LogP contribution in [-0.4, -0.2) is 60.6 Å². The molecule has 1 aromatic rings. The Morgan fingerprint density at radius 1 is 1.44 bits per heavy atom. The predicted octanol–water partition coefficient (Wildman–Crippen LogP) is 0.403. The van der Waals surface area contributed by atoms with Gasteiger partial charge in [-0.05, 0) is 7.05 Å². The molecule has 0 aromatic carbocycles. The van der Waals surface area contributed by atoms with Gasteiger partial charge in [0, 0.05) is 49.8 Å². The minimum atomic E-state index is 0.542. The Kier molecular flexibility index (Phi) is 2.93. The van der Waals surface area contributed by atoms with Crippen molar-refractivity contribution in [3.63, 3.8) is 0 Å². The highest BCUT2D eigenvalue weighted by molar-refractivity contribution is 7.09. The van der Waals surface area contributed by atoms with Gasteiger partial charge in [-0.1, -0.05) is 0 Å². The van der Waals surface area contributed by atoms with Gasteiger partial charge in [0.15, 0.2) is 0 Å². The molecule has 0 aliphatic carbocycles. The molecule has 0 spiro atoms. The van der Waals surface area contributed by atoms with Gasteiger partial charge in [-0.3, -0.25) is 9.88 Å². The number of nitrogens with one attached hydrogen (secondary N) is 1. The van der Waals surface area contributed by atoms with Crippen LogP contribution in [0, 0.1) is 0 Å². The summed E-state index contributed by atoms with van der Waals surface area (Å²) in [5.74, 6) is 0. The Bertz CT molecular complexity index is 340. The van der Waals surface area contributed by atoms with Crippen molar-refractivity contribution < 1.29 is 0 Å². The van der Waals surface area contributed by atoms with Crippen molar-refractivity contribution in [3.8, 4) is 0 Å². The van der Waals surface area contributed by atoms with Gasteiger partial charge in [-0.25, -0.2) is 0 Å². The molecule has 0 saturated carbocycles. The van der Waals surface area contributed by atoms with Gasteiger partial charge in [0.2, 0.25) is 0 Å². The van der Waals surface area contributed by atoms with E-state index in [1.807, 2.05) is 11.7 Å². The molecule has 88 valence electrons. The maximum Gasteiger partial charge on any atom is 0.0794 e. The number of fused-ring (bicyclic) bond motifs is 1. The second-order valence-corrected chi connectivity index (χ2v) is 5.65. The Balaban J connectivity index is 1.79. The van der Waals surface area contributed by atoms with Crippen LogP contribution in [0.5, 0.6) is 0 Å². The number of likely N-dealkylation sites (N-methyl/N-ethyl adjacent to an activating group) is 1.